The first-order valence-electron chi connectivity index (χ1n) is 8.50. The molecule has 3 rings (SSSR count). The van der Waals surface area contributed by atoms with Crippen molar-refractivity contribution in [3.63, 3.8) is 0 Å². The summed E-state index contributed by atoms with van der Waals surface area (Å²) in [6.07, 6.45) is 2.72. The fraction of sp³-hybridized carbons (Fsp3) is 0.200. The molecule has 0 spiro atoms. The molecule has 8 heteroatoms. The second kappa shape index (κ2) is 7.95. The predicted octanol–water partition coefficient (Wildman–Crippen LogP) is 1.66. The van der Waals surface area contributed by atoms with E-state index in [0.29, 0.717) is 10.8 Å². The Morgan fingerprint density at radius 3 is 2.61 bits per heavy atom. The number of hydrogen-bond donors (Lipinski definition) is 1. The molecular formula is C20H19NO6S. The van der Waals surface area contributed by atoms with Crippen molar-refractivity contribution in [2.75, 3.05) is 19.5 Å². The number of Topliss-reactive ketones (excluding diaryl/α,β-unsaturated/α-hetero) is 1. The summed E-state index contributed by atoms with van der Waals surface area (Å²) in [4.78, 5) is 24.5. The van der Waals surface area contributed by atoms with Gasteiger partial charge in [0.15, 0.2) is 15.6 Å². The van der Waals surface area contributed by atoms with Gasteiger partial charge in [0.1, 0.15) is 23.9 Å². The molecule has 1 heterocycles. The number of nitrogens with zero attached hydrogens (tertiary/aromatic N) is 1. The SMILES string of the molecule is CS(=O)(=O)c1ccccc1OCCn1ccc2ccc(C(=O)CO)cc2c1=O. The number of rotatable bonds is 7. The molecule has 7 nitrogen and oxygen atoms in total. The van der Waals surface area contributed by atoms with Crippen LogP contribution in [0.25, 0.3) is 10.8 Å². The molecule has 0 aliphatic carbocycles. The summed E-state index contributed by atoms with van der Waals surface area (Å²) in [7, 11) is -3.43. The normalized spacial score (nSPS) is 11.5. The van der Waals surface area contributed by atoms with Crippen molar-refractivity contribution in [2.45, 2.75) is 11.4 Å². The van der Waals surface area contributed by atoms with Crippen LogP contribution in [0.3, 0.4) is 0 Å². The van der Waals surface area contributed by atoms with Gasteiger partial charge in [-0.05, 0) is 29.7 Å². The van der Waals surface area contributed by atoms with Crippen molar-refractivity contribution in [1.29, 1.82) is 0 Å². The lowest BCUT2D eigenvalue weighted by Crippen LogP contribution is -2.23. The second-order valence-corrected chi connectivity index (χ2v) is 8.25. The molecule has 1 aromatic heterocycles. The molecule has 0 radical (unpaired) electrons. The zero-order valence-corrected chi connectivity index (χ0v) is 16.0. The lowest BCUT2D eigenvalue weighted by atomic mass is 10.1. The number of carbonyl (C=O) groups is 1. The van der Waals surface area contributed by atoms with Gasteiger partial charge >= 0.3 is 0 Å². The van der Waals surface area contributed by atoms with E-state index >= 15 is 0 Å². The largest absolute Gasteiger partial charge is 0.490 e. The van der Waals surface area contributed by atoms with Crippen LogP contribution in [0.5, 0.6) is 5.75 Å². The van der Waals surface area contributed by atoms with Gasteiger partial charge in [0.2, 0.25) is 0 Å². The number of para-hydroxylation sites is 1. The quantitative estimate of drug-likeness (QED) is 0.604. The Balaban J connectivity index is 1.83. The van der Waals surface area contributed by atoms with Crippen molar-refractivity contribution in [2.24, 2.45) is 0 Å². The van der Waals surface area contributed by atoms with Crippen molar-refractivity contribution in [3.8, 4) is 5.75 Å². The van der Waals surface area contributed by atoms with E-state index in [1.54, 1.807) is 42.6 Å². The number of aromatic nitrogens is 1. The molecule has 0 bridgehead atoms. The fourth-order valence-corrected chi connectivity index (χ4v) is 3.67. The van der Waals surface area contributed by atoms with Crippen LogP contribution < -0.4 is 10.3 Å². The number of pyridine rings is 1. The van der Waals surface area contributed by atoms with Crippen LogP contribution in [0.1, 0.15) is 10.4 Å². The van der Waals surface area contributed by atoms with Gasteiger partial charge in [0.05, 0.1) is 6.54 Å². The lowest BCUT2D eigenvalue weighted by molar-refractivity contribution is 0.0904. The molecule has 146 valence electrons. The number of aliphatic hydroxyl groups excluding tert-OH is 1. The van der Waals surface area contributed by atoms with Crippen molar-refractivity contribution in [1.82, 2.24) is 4.57 Å². The molecule has 3 aromatic rings. The third-order valence-corrected chi connectivity index (χ3v) is 5.42. The van der Waals surface area contributed by atoms with Gasteiger partial charge in [-0.1, -0.05) is 24.3 Å². The standard InChI is InChI=1S/C20H19NO6S/c1-28(25,26)19-5-3-2-4-18(19)27-11-10-21-9-8-14-6-7-15(17(23)13-22)12-16(14)20(21)24/h2-9,12,22H,10-11,13H2,1H3. The van der Waals surface area contributed by atoms with E-state index in [0.717, 1.165) is 6.26 Å². The number of sulfone groups is 1. The molecule has 0 amide bonds. The number of aliphatic hydroxyl groups is 1. The van der Waals surface area contributed by atoms with Gasteiger partial charge in [0, 0.05) is 23.4 Å². The minimum absolute atomic E-state index is 0.0905. The van der Waals surface area contributed by atoms with Crippen LogP contribution in [0.4, 0.5) is 0 Å². The lowest BCUT2D eigenvalue weighted by Gasteiger charge is -2.12. The highest BCUT2D eigenvalue weighted by Gasteiger charge is 2.14. The van der Waals surface area contributed by atoms with Gasteiger partial charge in [-0.2, -0.15) is 0 Å². The van der Waals surface area contributed by atoms with E-state index < -0.39 is 22.2 Å². The Kier molecular flexibility index (Phi) is 5.62. The third kappa shape index (κ3) is 4.13. The summed E-state index contributed by atoms with van der Waals surface area (Å²) in [5.41, 5.74) is -0.0340. The van der Waals surface area contributed by atoms with Gasteiger partial charge in [-0.15, -0.1) is 0 Å². The second-order valence-electron chi connectivity index (χ2n) is 6.26. The smallest absolute Gasteiger partial charge is 0.258 e. The van der Waals surface area contributed by atoms with Crippen LogP contribution in [0.2, 0.25) is 0 Å². The van der Waals surface area contributed by atoms with E-state index in [9.17, 15) is 18.0 Å². The zero-order chi connectivity index (χ0) is 20.3. The van der Waals surface area contributed by atoms with Gasteiger partial charge in [-0.3, -0.25) is 9.59 Å². The molecule has 0 unspecified atom stereocenters. The number of ether oxygens (including phenoxy) is 1. The minimum Gasteiger partial charge on any atom is -0.490 e. The summed E-state index contributed by atoms with van der Waals surface area (Å²) in [6.45, 7) is -0.335. The van der Waals surface area contributed by atoms with Crippen molar-refractivity contribution in [3.05, 3.63) is 70.6 Å². The highest BCUT2D eigenvalue weighted by molar-refractivity contribution is 7.90. The molecule has 0 aliphatic rings. The first-order valence-corrected chi connectivity index (χ1v) is 10.4. The monoisotopic (exact) mass is 401 g/mol. The van der Waals surface area contributed by atoms with Crippen LogP contribution in [0, 0.1) is 0 Å². The Labute approximate surface area is 161 Å². The first kappa shape index (κ1) is 19.8. The van der Waals surface area contributed by atoms with Crippen LogP contribution >= 0.6 is 0 Å². The Morgan fingerprint density at radius 2 is 1.89 bits per heavy atom. The summed E-state index contributed by atoms with van der Waals surface area (Å²) >= 11 is 0. The predicted molar refractivity (Wildman–Crippen MR) is 105 cm³/mol. The Morgan fingerprint density at radius 1 is 1.14 bits per heavy atom. The molecule has 0 atom stereocenters. The Hall–Kier alpha value is -2.97. The maximum atomic E-state index is 12.7. The average molecular weight is 401 g/mol. The number of ketones is 1. The van der Waals surface area contributed by atoms with Gasteiger partial charge < -0.3 is 14.4 Å². The molecule has 28 heavy (non-hydrogen) atoms. The fourth-order valence-electron chi connectivity index (χ4n) is 2.85. The first-order chi connectivity index (χ1) is 13.3. The molecule has 0 saturated carbocycles. The molecule has 0 saturated heterocycles. The number of benzene rings is 2. The Bertz CT molecular complexity index is 1200. The summed E-state index contributed by atoms with van der Waals surface area (Å²) < 4.78 is 30.7. The highest BCUT2D eigenvalue weighted by atomic mass is 32.2. The number of fused-ring (bicyclic) bond motifs is 1. The third-order valence-electron chi connectivity index (χ3n) is 4.28. The summed E-state index contributed by atoms with van der Waals surface area (Å²) in [5, 5.41) is 10.0. The summed E-state index contributed by atoms with van der Waals surface area (Å²) in [5.74, 6) is -0.230. The van der Waals surface area contributed by atoms with Crippen molar-refractivity contribution < 1.29 is 23.1 Å². The highest BCUT2D eigenvalue weighted by Crippen LogP contribution is 2.23. The maximum Gasteiger partial charge on any atom is 0.258 e. The average Bonchev–Trinajstić information content (AvgIpc) is 2.68. The molecule has 0 aliphatic heterocycles. The topological polar surface area (TPSA) is 103 Å². The number of hydrogen-bond acceptors (Lipinski definition) is 6. The molecule has 0 fully saturated rings. The van der Waals surface area contributed by atoms with Crippen molar-refractivity contribution >= 4 is 26.4 Å². The van der Waals surface area contributed by atoms with E-state index in [1.807, 2.05) is 0 Å². The number of carbonyl (C=O) groups excluding carboxylic acids is 1. The maximum absolute atomic E-state index is 12.7. The van der Waals surface area contributed by atoms with Gasteiger partial charge in [-0.25, -0.2) is 8.42 Å². The van der Waals surface area contributed by atoms with Crippen LogP contribution in [-0.2, 0) is 16.4 Å². The van der Waals surface area contributed by atoms with Gasteiger partial charge in [0.25, 0.3) is 5.56 Å². The minimum atomic E-state index is -3.43. The molecule has 2 aromatic carbocycles. The van der Waals surface area contributed by atoms with E-state index in [1.165, 1.54) is 16.7 Å². The zero-order valence-electron chi connectivity index (χ0n) is 15.2. The van der Waals surface area contributed by atoms with Crippen LogP contribution in [-0.4, -0.2) is 43.3 Å². The summed E-state index contributed by atoms with van der Waals surface area (Å²) in [6, 6.07) is 12.7. The molecule has 1 N–H and O–H groups in total. The molecular weight excluding hydrogens is 382 g/mol. The van der Waals surface area contributed by atoms with E-state index in [-0.39, 0.29) is 34.9 Å². The van der Waals surface area contributed by atoms with E-state index in [4.69, 9.17) is 9.84 Å². The van der Waals surface area contributed by atoms with Crippen LogP contribution in [0.15, 0.2) is 64.4 Å². The van der Waals surface area contributed by atoms with E-state index in [2.05, 4.69) is 0 Å².